The number of ether oxygens (including phenoxy) is 1. The molecule has 150 valence electrons. The van der Waals surface area contributed by atoms with Crippen molar-refractivity contribution in [1.29, 1.82) is 0 Å². The quantitative estimate of drug-likeness (QED) is 0.300. The number of carboxylic acid groups (broad SMARTS) is 1. The van der Waals surface area contributed by atoms with Crippen LogP contribution in [0.5, 0.6) is 5.75 Å². The highest BCUT2D eigenvalue weighted by atomic mass is 79.9. The summed E-state index contributed by atoms with van der Waals surface area (Å²) in [5.74, 6) is 0.329. The Labute approximate surface area is 178 Å². The van der Waals surface area contributed by atoms with Crippen molar-refractivity contribution in [1.82, 2.24) is 5.43 Å². The second-order valence-electron chi connectivity index (χ2n) is 6.04. The lowest BCUT2D eigenvalue weighted by Gasteiger charge is -2.20. The number of carbonyl (C=O) groups is 1. The number of anilines is 1. The first kappa shape index (κ1) is 22.3. The monoisotopic (exact) mass is 465 g/mol. The molecule has 0 heterocycles. The van der Waals surface area contributed by atoms with E-state index in [1.807, 2.05) is 57.2 Å². The average molecular weight is 466 g/mol. The molecule has 6 nitrogen and oxygen atoms in total. The van der Waals surface area contributed by atoms with Gasteiger partial charge in [0, 0.05) is 27.4 Å². The molecular weight excluding hydrogens is 442 g/mol. The van der Waals surface area contributed by atoms with Gasteiger partial charge in [0.05, 0.1) is 5.69 Å². The molecule has 0 radical (unpaired) electrons. The molecule has 0 aromatic heterocycles. The molecule has 0 saturated carbocycles. The van der Waals surface area contributed by atoms with Crippen LogP contribution in [0.2, 0.25) is 0 Å². The number of rotatable bonds is 10. The van der Waals surface area contributed by atoms with Gasteiger partial charge in [0.15, 0.2) is 6.61 Å². The first-order chi connectivity index (χ1) is 13.4. The zero-order chi connectivity index (χ0) is 20.5. The summed E-state index contributed by atoms with van der Waals surface area (Å²) in [6.07, 6.45) is 0. The van der Waals surface area contributed by atoms with Crippen LogP contribution in [0.3, 0.4) is 0 Å². The summed E-state index contributed by atoms with van der Waals surface area (Å²) < 4.78 is 6.26. The zero-order valence-corrected chi connectivity index (χ0v) is 18.5. The van der Waals surface area contributed by atoms with Gasteiger partial charge in [-0.1, -0.05) is 28.9 Å². The second-order valence-corrected chi connectivity index (χ2v) is 8.00. The predicted molar refractivity (Wildman–Crippen MR) is 118 cm³/mol. The molecule has 0 saturated heterocycles. The first-order valence-corrected chi connectivity index (χ1v) is 10.6. The highest BCUT2D eigenvalue weighted by molar-refractivity contribution is 9.10. The molecule has 0 fully saturated rings. The van der Waals surface area contributed by atoms with E-state index in [1.54, 1.807) is 22.9 Å². The number of nitrogens with zero attached hydrogens (tertiary/aromatic N) is 2. The lowest BCUT2D eigenvalue weighted by Crippen LogP contribution is -2.34. The average Bonchev–Trinajstić information content (AvgIpc) is 2.65. The topological polar surface area (TPSA) is 74.2 Å². The van der Waals surface area contributed by atoms with Crippen LogP contribution >= 0.6 is 27.7 Å². The normalized spacial score (nSPS) is 11.4. The van der Waals surface area contributed by atoms with Crippen LogP contribution in [0.15, 0.2) is 56.9 Å². The van der Waals surface area contributed by atoms with Crippen LogP contribution in [-0.4, -0.2) is 35.7 Å². The van der Waals surface area contributed by atoms with Crippen molar-refractivity contribution in [2.75, 3.05) is 24.0 Å². The smallest absolute Gasteiger partial charge is 0.341 e. The lowest BCUT2D eigenvalue weighted by atomic mass is 10.2. The summed E-state index contributed by atoms with van der Waals surface area (Å²) in [5, 5.41) is 15.2. The fourth-order valence-corrected chi connectivity index (χ4v) is 3.59. The fourth-order valence-electron chi connectivity index (χ4n) is 2.34. The van der Waals surface area contributed by atoms with E-state index in [4.69, 9.17) is 9.84 Å². The molecule has 0 unspecified atom stereocenters. The van der Waals surface area contributed by atoms with Gasteiger partial charge >= 0.3 is 5.97 Å². The van der Waals surface area contributed by atoms with Crippen LogP contribution < -0.4 is 15.3 Å². The van der Waals surface area contributed by atoms with E-state index in [0.29, 0.717) is 5.75 Å². The third-order valence-electron chi connectivity index (χ3n) is 3.58. The zero-order valence-electron chi connectivity index (χ0n) is 16.1. The number of hydrogen-bond acceptors (Lipinski definition) is 6. The van der Waals surface area contributed by atoms with Gasteiger partial charge in [0.2, 0.25) is 0 Å². The summed E-state index contributed by atoms with van der Waals surface area (Å²) in [5.41, 5.74) is 6.08. The Hall–Kier alpha value is -2.03. The summed E-state index contributed by atoms with van der Waals surface area (Å²) in [4.78, 5) is 11.7. The minimum Gasteiger partial charge on any atom is -0.482 e. The molecule has 0 atom stereocenters. The number of benzene rings is 2. The Morgan fingerprint density at radius 3 is 2.75 bits per heavy atom. The molecule has 2 aromatic rings. The highest BCUT2D eigenvalue weighted by Gasteiger charge is 2.07. The van der Waals surface area contributed by atoms with Crippen molar-refractivity contribution in [2.24, 2.45) is 5.10 Å². The van der Waals surface area contributed by atoms with Crippen molar-refractivity contribution in [3.63, 3.8) is 0 Å². The van der Waals surface area contributed by atoms with Crippen molar-refractivity contribution < 1.29 is 14.6 Å². The van der Waals surface area contributed by atoms with E-state index in [2.05, 4.69) is 26.5 Å². The Morgan fingerprint density at radius 2 is 2.11 bits per heavy atom. The van der Waals surface area contributed by atoms with E-state index in [1.165, 1.54) is 0 Å². The lowest BCUT2D eigenvalue weighted by molar-refractivity contribution is -0.139. The Balaban J connectivity index is 2.01. The van der Waals surface area contributed by atoms with Crippen LogP contribution in [0.4, 0.5) is 5.69 Å². The number of halogens is 1. The molecule has 2 rings (SSSR count). The van der Waals surface area contributed by atoms with E-state index in [-0.39, 0.29) is 6.61 Å². The molecule has 2 aromatic carbocycles. The highest BCUT2D eigenvalue weighted by Crippen LogP contribution is 2.26. The van der Waals surface area contributed by atoms with Crippen molar-refractivity contribution >= 4 is 45.1 Å². The standard InChI is InChI=1S/C20H24BrN3O3S/c1-4-22-24(17-7-5-6-16(21)11-17)23-15(3)13-28-18-8-9-19(14(2)10-18)27-12-20(25)26/h5-11,22H,4,12-13H2,1-3H3,(H,25,26)/b23-15+. The number of thioether (sulfide) groups is 1. The molecule has 0 aliphatic heterocycles. The van der Waals surface area contributed by atoms with Crippen LogP contribution in [0, 0.1) is 6.92 Å². The molecule has 0 bridgehead atoms. The van der Waals surface area contributed by atoms with Crippen LogP contribution in [-0.2, 0) is 4.79 Å². The molecular formula is C20H24BrN3O3S. The minimum absolute atomic E-state index is 0.338. The number of carboxylic acids is 1. The van der Waals surface area contributed by atoms with Gasteiger partial charge in [-0.3, -0.25) is 0 Å². The van der Waals surface area contributed by atoms with Gasteiger partial charge in [0.25, 0.3) is 0 Å². The van der Waals surface area contributed by atoms with Crippen LogP contribution in [0.1, 0.15) is 19.4 Å². The molecule has 0 spiro atoms. The molecule has 28 heavy (non-hydrogen) atoms. The fraction of sp³-hybridized carbons (Fsp3) is 0.300. The molecule has 2 N–H and O–H groups in total. The van der Waals surface area contributed by atoms with Gasteiger partial charge in [-0.05, 0) is 55.8 Å². The van der Waals surface area contributed by atoms with Gasteiger partial charge in [-0.15, -0.1) is 11.8 Å². The summed E-state index contributed by atoms with van der Waals surface area (Å²) >= 11 is 5.16. The summed E-state index contributed by atoms with van der Waals surface area (Å²) in [7, 11) is 0. The second kappa shape index (κ2) is 11.1. The van der Waals surface area contributed by atoms with Crippen molar-refractivity contribution in [3.05, 3.63) is 52.5 Å². The maximum Gasteiger partial charge on any atom is 0.341 e. The first-order valence-electron chi connectivity index (χ1n) is 8.80. The number of aryl methyl sites for hydroxylation is 1. The third-order valence-corrected chi connectivity index (χ3v) is 5.22. The van der Waals surface area contributed by atoms with E-state index >= 15 is 0 Å². The molecule has 0 amide bonds. The van der Waals surface area contributed by atoms with Gasteiger partial charge in [-0.25, -0.2) is 10.2 Å². The third kappa shape index (κ3) is 7.18. The Bertz CT molecular complexity index is 845. The number of hydrazone groups is 1. The maximum absolute atomic E-state index is 10.6. The van der Waals surface area contributed by atoms with E-state index in [0.717, 1.165) is 38.6 Å². The number of hydrogen-bond donors (Lipinski definition) is 2. The number of hydrazine groups is 1. The largest absolute Gasteiger partial charge is 0.482 e. The Kier molecular flexibility index (Phi) is 8.82. The molecule has 0 aliphatic rings. The number of nitrogens with one attached hydrogen (secondary N) is 1. The summed E-state index contributed by atoms with van der Waals surface area (Å²) in [6, 6.07) is 13.7. The van der Waals surface area contributed by atoms with E-state index < -0.39 is 5.97 Å². The van der Waals surface area contributed by atoms with Crippen molar-refractivity contribution in [3.8, 4) is 5.75 Å². The molecule has 0 aliphatic carbocycles. The summed E-state index contributed by atoms with van der Waals surface area (Å²) in [6.45, 7) is 6.35. The van der Waals surface area contributed by atoms with E-state index in [9.17, 15) is 4.79 Å². The van der Waals surface area contributed by atoms with Gasteiger partial charge in [0.1, 0.15) is 5.75 Å². The molecule has 8 heteroatoms. The van der Waals surface area contributed by atoms with Crippen LogP contribution in [0.25, 0.3) is 0 Å². The predicted octanol–water partition coefficient (Wildman–Crippen LogP) is 4.72. The Morgan fingerprint density at radius 1 is 1.32 bits per heavy atom. The van der Waals surface area contributed by atoms with Gasteiger partial charge in [-0.2, -0.15) is 10.2 Å². The number of aliphatic carboxylic acids is 1. The maximum atomic E-state index is 10.6. The van der Waals surface area contributed by atoms with Crippen molar-refractivity contribution in [2.45, 2.75) is 25.7 Å². The minimum atomic E-state index is -0.986. The van der Waals surface area contributed by atoms with Gasteiger partial charge < -0.3 is 9.84 Å². The SMILES string of the molecule is CCNN(/N=C(\C)CSc1ccc(OCC(=O)O)c(C)c1)c1cccc(Br)c1.